The van der Waals surface area contributed by atoms with Gasteiger partial charge in [-0.3, -0.25) is 14.7 Å². The van der Waals surface area contributed by atoms with E-state index in [0.717, 1.165) is 5.39 Å². The first-order chi connectivity index (χ1) is 9.58. The molecule has 0 radical (unpaired) electrons. The number of para-hydroxylation sites is 1. The summed E-state index contributed by atoms with van der Waals surface area (Å²) in [6.07, 6.45) is 1.67. The van der Waals surface area contributed by atoms with Crippen LogP contribution in [0.4, 0.5) is 0 Å². The Morgan fingerprint density at radius 3 is 2.95 bits per heavy atom. The maximum Gasteiger partial charge on any atom is 0.307 e. The van der Waals surface area contributed by atoms with E-state index in [9.17, 15) is 9.59 Å². The lowest BCUT2D eigenvalue weighted by Crippen LogP contribution is -2.27. The SMILES string of the molecule is CC(C)OC(=O)CCNC(=O)c1cccc2cn[nH]c12. The van der Waals surface area contributed by atoms with Crippen molar-refractivity contribution in [3.05, 3.63) is 30.0 Å². The van der Waals surface area contributed by atoms with E-state index in [0.29, 0.717) is 11.1 Å². The van der Waals surface area contributed by atoms with Crippen LogP contribution in [0.25, 0.3) is 10.9 Å². The van der Waals surface area contributed by atoms with Crippen LogP contribution >= 0.6 is 0 Å². The van der Waals surface area contributed by atoms with Gasteiger partial charge in [-0.1, -0.05) is 12.1 Å². The number of carbonyl (C=O) groups is 2. The Labute approximate surface area is 116 Å². The van der Waals surface area contributed by atoms with Crippen LogP contribution in [0.3, 0.4) is 0 Å². The molecule has 1 amide bonds. The molecule has 0 unspecified atom stereocenters. The predicted molar refractivity (Wildman–Crippen MR) is 74.3 cm³/mol. The monoisotopic (exact) mass is 275 g/mol. The third-order valence-corrected chi connectivity index (χ3v) is 2.70. The Morgan fingerprint density at radius 2 is 2.20 bits per heavy atom. The Bertz CT molecular complexity index is 619. The van der Waals surface area contributed by atoms with Gasteiger partial charge >= 0.3 is 5.97 Å². The molecule has 106 valence electrons. The molecule has 2 rings (SSSR count). The molecule has 20 heavy (non-hydrogen) atoms. The molecule has 6 nitrogen and oxygen atoms in total. The van der Waals surface area contributed by atoms with Gasteiger partial charge in [0.25, 0.3) is 5.91 Å². The summed E-state index contributed by atoms with van der Waals surface area (Å²) in [5.41, 5.74) is 1.20. The van der Waals surface area contributed by atoms with Gasteiger partial charge in [-0.05, 0) is 19.9 Å². The number of rotatable bonds is 5. The normalized spacial score (nSPS) is 10.8. The van der Waals surface area contributed by atoms with Crippen LogP contribution in [0, 0.1) is 0 Å². The number of nitrogens with one attached hydrogen (secondary N) is 2. The minimum atomic E-state index is -0.319. The third-order valence-electron chi connectivity index (χ3n) is 2.70. The van der Waals surface area contributed by atoms with E-state index in [4.69, 9.17) is 4.74 Å². The number of hydrogen-bond donors (Lipinski definition) is 2. The Kier molecular flexibility index (Phi) is 4.34. The highest BCUT2D eigenvalue weighted by atomic mass is 16.5. The van der Waals surface area contributed by atoms with Gasteiger partial charge in [-0.2, -0.15) is 5.10 Å². The molecular weight excluding hydrogens is 258 g/mol. The summed E-state index contributed by atoms with van der Waals surface area (Å²) in [6, 6.07) is 5.37. The Hall–Kier alpha value is -2.37. The molecule has 1 aromatic carbocycles. The minimum absolute atomic E-state index is 0.142. The lowest BCUT2D eigenvalue weighted by Gasteiger charge is -2.08. The van der Waals surface area contributed by atoms with E-state index >= 15 is 0 Å². The minimum Gasteiger partial charge on any atom is -0.463 e. The van der Waals surface area contributed by atoms with E-state index in [1.807, 2.05) is 6.07 Å². The van der Waals surface area contributed by atoms with Crippen molar-refractivity contribution in [2.45, 2.75) is 26.4 Å². The van der Waals surface area contributed by atoms with Gasteiger partial charge in [0.05, 0.1) is 29.8 Å². The number of fused-ring (bicyclic) bond motifs is 1. The fraction of sp³-hybridized carbons (Fsp3) is 0.357. The van der Waals surface area contributed by atoms with E-state index in [-0.39, 0.29) is 30.9 Å². The fourth-order valence-electron chi connectivity index (χ4n) is 1.85. The maximum atomic E-state index is 12.0. The molecule has 0 bridgehead atoms. The van der Waals surface area contributed by atoms with Gasteiger partial charge in [-0.25, -0.2) is 0 Å². The molecule has 0 aliphatic rings. The Balaban J connectivity index is 1.92. The molecule has 6 heteroatoms. The lowest BCUT2D eigenvalue weighted by atomic mass is 10.1. The average Bonchev–Trinajstić information content (AvgIpc) is 2.85. The molecule has 0 aliphatic heterocycles. The van der Waals surface area contributed by atoms with E-state index in [1.165, 1.54) is 0 Å². The number of hydrogen-bond acceptors (Lipinski definition) is 4. The molecule has 0 spiro atoms. The zero-order chi connectivity index (χ0) is 14.5. The highest BCUT2D eigenvalue weighted by molar-refractivity contribution is 6.05. The number of carbonyl (C=O) groups excluding carboxylic acids is 2. The van der Waals surface area contributed by atoms with Gasteiger partial charge < -0.3 is 10.1 Å². The number of aromatic nitrogens is 2. The van der Waals surface area contributed by atoms with Gasteiger partial charge in [0.2, 0.25) is 0 Å². The van der Waals surface area contributed by atoms with Crippen LogP contribution in [-0.4, -0.2) is 34.7 Å². The summed E-state index contributed by atoms with van der Waals surface area (Å²) in [5, 5.41) is 10.3. The highest BCUT2D eigenvalue weighted by Crippen LogP contribution is 2.15. The predicted octanol–water partition coefficient (Wildman–Crippen LogP) is 1.63. The molecule has 1 heterocycles. The van der Waals surface area contributed by atoms with E-state index in [1.54, 1.807) is 32.2 Å². The van der Waals surface area contributed by atoms with Crippen molar-refractivity contribution in [2.24, 2.45) is 0 Å². The zero-order valence-electron chi connectivity index (χ0n) is 11.5. The van der Waals surface area contributed by atoms with Crippen LogP contribution in [0.1, 0.15) is 30.6 Å². The van der Waals surface area contributed by atoms with Crippen LogP contribution in [0.2, 0.25) is 0 Å². The maximum absolute atomic E-state index is 12.0. The van der Waals surface area contributed by atoms with E-state index in [2.05, 4.69) is 15.5 Å². The van der Waals surface area contributed by atoms with Crippen LogP contribution in [0.15, 0.2) is 24.4 Å². The van der Waals surface area contributed by atoms with Crippen molar-refractivity contribution in [1.82, 2.24) is 15.5 Å². The van der Waals surface area contributed by atoms with Crippen LogP contribution < -0.4 is 5.32 Å². The van der Waals surface area contributed by atoms with Crippen LogP contribution in [0.5, 0.6) is 0 Å². The van der Waals surface area contributed by atoms with Crippen molar-refractivity contribution in [3.8, 4) is 0 Å². The van der Waals surface area contributed by atoms with Crippen molar-refractivity contribution in [1.29, 1.82) is 0 Å². The van der Waals surface area contributed by atoms with E-state index < -0.39 is 0 Å². The first-order valence-electron chi connectivity index (χ1n) is 6.47. The second kappa shape index (κ2) is 6.18. The standard InChI is InChI=1S/C14H17N3O3/c1-9(2)20-12(18)6-7-15-14(19)11-5-3-4-10-8-16-17-13(10)11/h3-5,8-9H,6-7H2,1-2H3,(H,15,19)(H,16,17). The number of H-pyrrole nitrogens is 1. The van der Waals surface area contributed by atoms with Gasteiger partial charge in [0, 0.05) is 11.9 Å². The summed E-state index contributed by atoms with van der Waals surface area (Å²) in [6.45, 7) is 3.82. The van der Waals surface area contributed by atoms with Crippen molar-refractivity contribution in [3.63, 3.8) is 0 Å². The number of amides is 1. The summed E-state index contributed by atoms with van der Waals surface area (Å²) in [4.78, 5) is 23.4. The van der Waals surface area contributed by atoms with Gasteiger partial charge in [-0.15, -0.1) is 0 Å². The second-order valence-corrected chi connectivity index (χ2v) is 4.68. The fourth-order valence-corrected chi connectivity index (χ4v) is 1.85. The summed E-state index contributed by atoms with van der Waals surface area (Å²) < 4.78 is 4.99. The van der Waals surface area contributed by atoms with Crippen molar-refractivity contribution < 1.29 is 14.3 Å². The average molecular weight is 275 g/mol. The zero-order valence-corrected chi connectivity index (χ0v) is 11.5. The third kappa shape index (κ3) is 3.34. The molecule has 0 aliphatic carbocycles. The lowest BCUT2D eigenvalue weighted by molar-refractivity contribution is -0.147. The molecule has 1 aromatic heterocycles. The molecule has 0 fully saturated rings. The van der Waals surface area contributed by atoms with Crippen LogP contribution in [-0.2, 0) is 9.53 Å². The number of ether oxygens (including phenoxy) is 1. The number of nitrogens with zero attached hydrogens (tertiary/aromatic N) is 1. The topological polar surface area (TPSA) is 84.1 Å². The Morgan fingerprint density at radius 1 is 1.40 bits per heavy atom. The molecule has 0 saturated carbocycles. The summed E-state index contributed by atoms with van der Waals surface area (Å²) >= 11 is 0. The molecule has 0 atom stereocenters. The first-order valence-corrected chi connectivity index (χ1v) is 6.47. The number of aromatic amines is 1. The summed E-state index contributed by atoms with van der Waals surface area (Å²) in [5.74, 6) is -0.558. The summed E-state index contributed by atoms with van der Waals surface area (Å²) in [7, 11) is 0. The quantitative estimate of drug-likeness (QED) is 0.812. The smallest absolute Gasteiger partial charge is 0.307 e. The van der Waals surface area contributed by atoms with Gasteiger partial charge in [0.1, 0.15) is 0 Å². The second-order valence-electron chi connectivity index (χ2n) is 4.68. The largest absolute Gasteiger partial charge is 0.463 e. The molecular formula is C14H17N3O3. The first kappa shape index (κ1) is 14.0. The molecule has 0 saturated heterocycles. The number of esters is 1. The van der Waals surface area contributed by atoms with Crippen molar-refractivity contribution in [2.75, 3.05) is 6.54 Å². The molecule has 2 N–H and O–H groups in total. The number of benzene rings is 1. The molecule has 2 aromatic rings. The van der Waals surface area contributed by atoms with Gasteiger partial charge in [0.15, 0.2) is 0 Å². The van der Waals surface area contributed by atoms with Crippen molar-refractivity contribution >= 4 is 22.8 Å². The highest BCUT2D eigenvalue weighted by Gasteiger charge is 2.12.